The third kappa shape index (κ3) is 2.46. The zero-order valence-corrected chi connectivity index (χ0v) is 11.7. The van der Waals surface area contributed by atoms with Crippen LogP contribution in [-0.4, -0.2) is 23.2 Å². The molecule has 1 heterocycles. The predicted octanol–water partition coefficient (Wildman–Crippen LogP) is 1.51. The minimum Gasteiger partial charge on any atom is -0.503 e. The molecular formula is C11H9BrN2O3S. The monoisotopic (exact) mass is 328 g/mol. The van der Waals surface area contributed by atoms with Crippen LogP contribution in [0.15, 0.2) is 22.3 Å². The van der Waals surface area contributed by atoms with E-state index < -0.39 is 0 Å². The molecule has 1 amide bonds. The van der Waals surface area contributed by atoms with Crippen molar-refractivity contribution in [3.8, 4) is 11.5 Å². The fraction of sp³-hybridized carbons (Fsp3) is 0.0909. The fourth-order valence-corrected chi connectivity index (χ4v) is 2.14. The number of nitrogens with one attached hydrogen (secondary N) is 2. The summed E-state index contributed by atoms with van der Waals surface area (Å²) in [5.41, 5.74) is 1.04. The lowest BCUT2D eigenvalue weighted by Crippen LogP contribution is -2.21. The summed E-state index contributed by atoms with van der Waals surface area (Å²) in [6, 6.07) is 3.28. The molecule has 1 aromatic rings. The quantitative estimate of drug-likeness (QED) is 0.567. The largest absolute Gasteiger partial charge is 0.503 e. The number of thiocarbonyl (C=S) groups is 1. The second-order valence-corrected chi connectivity index (χ2v) is 4.78. The first-order chi connectivity index (χ1) is 8.51. The Labute approximate surface area is 117 Å². The Morgan fingerprint density at radius 2 is 2.17 bits per heavy atom. The summed E-state index contributed by atoms with van der Waals surface area (Å²) in [6.45, 7) is 0. The van der Waals surface area contributed by atoms with Gasteiger partial charge in [-0.05, 0) is 51.9 Å². The molecule has 1 aliphatic heterocycles. The van der Waals surface area contributed by atoms with Crippen LogP contribution in [0.3, 0.4) is 0 Å². The highest BCUT2D eigenvalue weighted by atomic mass is 79.9. The van der Waals surface area contributed by atoms with Crippen molar-refractivity contribution in [3.05, 3.63) is 27.9 Å². The molecule has 0 aliphatic carbocycles. The maximum Gasteiger partial charge on any atom is 0.273 e. The van der Waals surface area contributed by atoms with Gasteiger partial charge in [-0.15, -0.1) is 0 Å². The van der Waals surface area contributed by atoms with Crippen LogP contribution < -0.4 is 15.4 Å². The number of amides is 1. The van der Waals surface area contributed by atoms with Crippen molar-refractivity contribution in [2.45, 2.75) is 0 Å². The van der Waals surface area contributed by atoms with E-state index in [2.05, 4.69) is 26.6 Å². The van der Waals surface area contributed by atoms with Gasteiger partial charge in [0.2, 0.25) is 0 Å². The number of hydrogen-bond acceptors (Lipinski definition) is 4. The second-order valence-electron chi connectivity index (χ2n) is 3.52. The van der Waals surface area contributed by atoms with Gasteiger partial charge >= 0.3 is 0 Å². The van der Waals surface area contributed by atoms with Crippen LogP contribution in [0.4, 0.5) is 0 Å². The van der Waals surface area contributed by atoms with Crippen molar-refractivity contribution >= 4 is 45.2 Å². The van der Waals surface area contributed by atoms with E-state index in [9.17, 15) is 9.90 Å². The molecular weight excluding hydrogens is 320 g/mol. The molecule has 0 spiro atoms. The number of methoxy groups -OCH3 is 1. The minimum absolute atomic E-state index is 0.0130. The molecule has 2 rings (SSSR count). The summed E-state index contributed by atoms with van der Waals surface area (Å²) in [7, 11) is 1.45. The molecule has 0 aromatic heterocycles. The molecule has 1 aliphatic rings. The average molecular weight is 329 g/mol. The van der Waals surface area contributed by atoms with Crippen LogP contribution in [-0.2, 0) is 4.79 Å². The first-order valence-electron chi connectivity index (χ1n) is 4.92. The number of carbonyl (C=O) groups is 1. The standard InChI is InChI=1S/C11H9BrN2O3S/c1-17-8-4-5(2-6(12)9(8)15)3-7-10(16)14-11(18)13-7/h2-4,15H,1H3,(H2,13,14,16,18). The lowest BCUT2D eigenvalue weighted by molar-refractivity contribution is -0.115. The molecule has 1 saturated heterocycles. The lowest BCUT2D eigenvalue weighted by atomic mass is 10.1. The van der Waals surface area contributed by atoms with Gasteiger partial charge in [0, 0.05) is 0 Å². The van der Waals surface area contributed by atoms with Gasteiger partial charge in [-0.3, -0.25) is 10.1 Å². The first kappa shape index (κ1) is 12.8. The number of ether oxygens (including phenoxy) is 1. The molecule has 94 valence electrons. The van der Waals surface area contributed by atoms with E-state index in [0.717, 1.165) is 0 Å². The van der Waals surface area contributed by atoms with Gasteiger partial charge < -0.3 is 15.2 Å². The van der Waals surface area contributed by atoms with Crippen molar-refractivity contribution in [2.75, 3.05) is 7.11 Å². The third-order valence-corrected chi connectivity index (χ3v) is 3.11. The number of carbonyl (C=O) groups excluding carboxylic acids is 1. The number of phenols is 1. The highest BCUT2D eigenvalue weighted by molar-refractivity contribution is 9.10. The Hall–Kier alpha value is -1.60. The molecule has 3 N–H and O–H groups in total. The van der Waals surface area contributed by atoms with Crippen molar-refractivity contribution in [1.29, 1.82) is 0 Å². The summed E-state index contributed by atoms with van der Waals surface area (Å²) in [5.74, 6) is 0.0411. The first-order valence-corrected chi connectivity index (χ1v) is 6.12. The number of halogens is 1. The summed E-state index contributed by atoms with van der Waals surface area (Å²) >= 11 is 8.03. The Balaban J connectivity index is 2.41. The zero-order valence-electron chi connectivity index (χ0n) is 9.28. The van der Waals surface area contributed by atoms with E-state index in [-0.39, 0.29) is 16.8 Å². The highest BCUT2D eigenvalue weighted by Gasteiger charge is 2.20. The van der Waals surface area contributed by atoms with Crippen LogP contribution in [0.1, 0.15) is 5.56 Å². The molecule has 1 fully saturated rings. The normalized spacial score (nSPS) is 16.7. The van der Waals surface area contributed by atoms with Gasteiger partial charge in [0.25, 0.3) is 5.91 Å². The Morgan fingerprint density at radius 3 is 2.72 bits per heavy atom. The molecule has 7 heteroatoms. The van der Waals surface area contributed by atoms with Crippen LogP contribution in [0.2, 0.25) is 0 Å². The summed E-state index contributed by atoms with van der Waals surface area (Å²) in [6.07, 6.45) is 1.61. The van der Waals surface area contributed by atoms with Gasteiger partial charge in [-0.25, -0.2) is 0 Å². The van der Waals surface area contributed by atoms with Crippen LogP contribution in [0.5, 0.6) is 11.5 Å². The van der Waals surface area contributed by atoms with Crippen molar-refractivity contribution in [2.24, 2.45) is 0 Å². The SMILES string of the molecule is COc1cc(C=C2NC(=S)NC2=O)cc(Br)c1O. The van der Waals surface area contributed by atoms with E-state index in [1.165, 1.54) is 7.11 Å². The molecule has 0 atom stereocenters. The molecule has 0 unspecified atom stereocenters. The number of benzene rings is 1. The number of hydrogen-bond donors (Lipinski definition) is 3. The maximum absolute atomic E-state index is 11.5. The Bertz CT molecular complexity index is 572. The smallest absolute Gasteiger partial charge is 0.273 e. The van der Waals surface area contributed by atoms with Gasteiger partial charge in [0.15, 0.2) is 16.6 Å². The van der Waals surface area contributed by atoms with Crippen molar-refractivity contribution in [3.63, 3.8) is 0 Å². The lowest BCUT2D eigenvalue weighted by Gasteiger charge is -2.06. The van der Waals surface area contributed by atoms with Crippen molar-refractivity contribution in [1.82, 2.24) is 10.6 Å². The summed E-state index contributed by atoms with van der Waals surface area (Å²) in [4.78, 5) is 11.5. The second kappa shape index (κ2) is 4.95. The number of phenolic OH excluding ortho intramolecular Hbond substituents is 1. The van der Waals surface area contributed by atoms with E-state index >= 15 is 0 Å². The molecule has 18 heavy (non-hydrogen) atoms. The Kier molecular flexibility index (Phi) is 3.53. The van der Waals surface area contributed by atoms with Crippen LogP contribution in [0.25, 0.3) is 6.08 Å². The van der Waals surface area contributed by atoms with Gasteiger partial charge in [0.1, 0.15) is 5.70 Å². The molecule has 0 bridgehead atoms. The van der Waals surface area contributed by atoms with Gasteiger partial charge in [0.05, 0.1) is 11.6 Å². The van der Waals surface area contributed by atoms with E-state index in [1.807, 2.05) is 0 Å². The molecule has 5 nitrogen and oxygen atoms in total. The molecule has 0 radical (unpaired) electrons. The van der Waals surface area contributed by atoms with Crippen LogP contribution >= 0.6 is 28.1 Å². The molecule has 0 saturated carbocycles. The summed E-state index contributed by atoms with van der Waals surface area (Å²) in [5, 5.41) is 15.1. The number of aromatic hydroxyl groups is 1. The molecule has 1 aromatic carbocycles. The van der Waals surface area contributed by atoms with Gasteiger partial charge in [-0.1, -0.05) is 0 Å². The van der Waals surface area contributed by atoms with Gasteiger partial charge in [-0.2, -0.15) is 0 Å². The van der Waals surface area contributed by atoms with E-state index in [4.69, 9.17) is 17.0 Å². The zero-order chi connectivity index (χ0) is 13.3. The minimum atomic E-state index is -0.289. The third-order valence-electron chi connectivity index (χ3n) is 2.30. The topological polar surface area (TPSA) is 70.6 Å². The fourth-order valence-electron chi connectivity index (χ4n) is 1.48. The predicted molar refractivity (Wildman–Crippen MR) is 74.2 cm³/mol. The highest BCUT2D eigenvalue weighted by Crippen LogP contribution is 2.35. The summed E-state index contributed by atoms with van der Waals surface area (Å²) < 4.78 is 5.50. The van der Waals surface area contributed by atoms with Crippen molar-refractivity contribution < 1.29 is 14.6 Å². The van der Waals surface area contributed by atoms with Crippen LogP contribution in [0, 0.1) is 0 Å². The Morgan fingerprint density at radius 1 is 1.44 bits per heavy atom. The van der Waals surface area contributed by atoms with E-state index in [0.29, 0.717) is 21.5 Å². The average Bonchev–Trinajstić information content (AvgIpc) is 2.62. The maximum atomic E-state index is 11.5. The number of rotatable bonds is 2. The van der Waals surface area contributed by atoms with E-state index in [1.54, 1.807) is 18.2 Å².